The van der Waals surface area contributed by atoms with E-state index in [4.69, 9.17) is 0 Å². The number of rotatable bonds is 3. The molecule has 3 N–H and O–H groups in total. The van der Waals surface area contributed by atoms with E-state index in [1.165, 1.54) is 0 Å². The van der Waals surface area contributed by atoms with Crippen LogP contribution in [0.2, 0.25) is 0 Å². The third kappa shape index (κ3) is 2.35. The zero-order valence-corrected chi connectivity index (χ0v) is 11.0. The molecule has 7 nitrogen and oxygen atoms in total. The number of nitrogens with one attached hydrogen (secondary N) is 2. The number of aromatic nitrogens is 3. The number of carbonyl (C=O) groups excluding carboxylic acids is 1. The molecule has 0 radical (unpaired) electrons. The van der Waals surface area contributed by atoms with Crippen LogP contribution in [0.5, 0.6) is 5.75 Å². The highest BCUT2D eigenvalue weighted by molar-refractivity contribution is 6.02. The van der Waals surface area contributed by atoms with Crippen LogP contribution in [0.15, 0.2) is 24.4 Å². The Labute approximate surface area is 115 Å². The first-order valence-electron chi connectivity index (χ1n) is 6.37. The lowest BCUT2D eigenvalue weighted by molar-refractivity contribution is 0.102. The topological polar surface area (TPSA) is 92.1 Å². The number of carbonyl (C=O) groups is 1. The van der Waals surface area contributed by atoms with Crippen LogP contribution in [0.25, 0.3) is 0 Å². The van der Waals surface area contributed by atoms with Crippen LogP contribution < -0.4 is 10.6 Å². The summed E-state index contributed by atoms with van der Waals surface area (Å²) in [6.45, 7) is 3.47. The highest BCUT2D eigenvalue weighted by Crippen LogP contribution is 2.20. The van der Waals surface area contributed by atoms with Crippen molar-refractivity contribution in [1.82, 2.24) is 20.3 Å². The average Bonchev–Trinajstić information content (AvgIpc) is 2.81. The second kappa shape index (κ2) is 4.93. The van der Waals surface area contributed by atoms with E-state index in [9.17, 15) is 9.90 Å². The summed E-state index contributed by atoms with van der Waals surface area (Å²) in [5.74, 6) is -0.111. The number of benzene rings is 1. The van der Waals surface area contributed by atoms with E-state index in [-0.39, 0.29) is 23.4 Å². The van der Waals surface area contributed by atoms with Gasteiger partial charge in [0.15, 0.2) is 5.69 Å². The van der Waals surface area contributed by atoms with Gasteiger partial charge in [-0.25, -0.2) is 4.68 Å². The van der Waals surface area contributed by atoms with Gasteiger partial charge in [0.2, 0.25) is 0 Å². The molecule has 1 amide bonds. The molecular formula is C13H15N5O2. The number of aryl methyl sites for hydroxylation is 1. The predicted octanol–water partition coefficient (Wildman–Crippen LogP) is 0.689. The fourth-order valence-electron chi connectivity index (χ4n) is 1.95. The molecule has 1 aliphatic heterocycles. The van der Waals surface area contributed by atoms with Gasteiger partial charge in [0, 0.05) is 18.8 Å². The number of amides is 1. The lowest BCUT2D eigenvalue weighted by atomic mass is 10.2. The standard InChI is InChI=1S/C13H15N5O2/c1-8-4-9(2-3-12(8)19)15-13(20)11-7-18(17-16-11)10-5-14-6-10/h2-4,7,10,14,19H,5-6H2,1H3,(H,15,20). The molecule has 0 atom stereocenters. The number of hydrogen-bond acceptors (Lipinski definition) is 5. The summed E-state index contributed by atoms with van der Waals surface area (Å²) in [6, 6.07) is 5.16. The maximum absolute atomic E-state index is 12.0. The van der Waals surface area contributed by atoms with Gasteiger partial charge in [-0.2, -0.15) is 0 Å². The van der Waals surface area contributed by atoms with Crippen molar-refractivity contribution in [3.63, 3.8) is 0 Å². The summed E-state index contributed by atoms with van der Waals surface area (Å²) in [4.78, 5) is 12.0. The fourth-order valence-corrected chi connectivity index (χ4v) is 1.95. The average molecular weight is 273 g/mol. The lowest BCUT2D eigenvalue weighted by Gasteiger charge is -2.26. The van der Waals surface area contributed by atoms with E-state index >= 15 is 0 Å². The normalized spacial score (nSPS) is 14.8. The van der Waals surface area contributed by atoms with E-state index in [1.54, 1.807) is 36.0 Å². The zero-order chi connectivity index (χ0) is 14.1. The molecule has 1 aliphatic rings. The molecule has 0 unspecified atom stereocenters. The minimum Gasteiger partial charge on any atom is -0.508 e. The molecule has 0 spiro atoms. The highest BCUT2D eigenvalue weighted by Gasteiger charge is 2.21. The lowest BCUT2D eigenvalue weighted by Crippen LogP contribution is -2.43. The third-order valence-corrected chi connectivity index (χ3v) is 3.33. The van der Waals surface area contributed by atoms with Gasteiger partial charge in [-0.05, 0) is 30.7 Å². The fraction of sp³-hybridized carbons (Fsp3) is 0.308. The van der Waals surface area contributed by atoms with Gasteiger partial charge in [0.05, 0.1) is 12.2 Å². The van der Waals surface area contributed by atoms with E-state index < -0.39 is 0 Å². The molecule has 1 saturated heterocycles. The Balaban J connectivity index is 1.71. The predicted molar refractivity (Wildman–Crippen MR) is 72.7 cm³/mol. The molecule has 20 heavy (non-hydrogen) atoms. The number of nitrogens with zero attached hydrogens (tertiary/aromatic N) is 3. The molecular weight excluding hydrogens is 258 g/mol. The Kier molecular flexibility index (Phi) is 3.11. The van der Waals surface area contributed by atoms with Crippen molar-refractivity contribution in [3.8, 4) is 5.75 Å². The number of phenols is 1. The van der Waals surface area contributed by atoms with Gasteiger partial charge in [-0.15, -0.1) is 5.10 Å². The molecule has 1 aromatic heterocycles. The van der Waals surface area contributed by atoms with E-state index in [1.807, 2.05) is 0 Å². The van der Waals surface area contributed by atoms with Crippen LogP contribution in [-0.2, 0) is 0 Å². The van der Waals surface area contributed by atoms with Crippen LogP contribution in [0, 0.1) is 6.92 Å². The van der Waals surface area contributed by atoms with Crippen LogP contribution in [0.4, 0.5) is 5.69 Å². The van der Waals surface area contributed by atoms with Crippen LogP contribution >= 0.6 is 0 Å². The summed E-state index contributed by atoms with van der Waals surface area (Å²) in [5, 5.41) is 23.2. The maximum Gasteiger partial charge on any atom is 0.277 e. The Morgan fingerprint density at radius 2 is 2.30 bits per heavy atom. The number of phenolic OH excluding ortho intramolecular Hbond substituents is 1. The van der Waals surface area contributed by atoms with Crippen molar-refractivity contribution < 1.29 is 9.90 Å². The van der Waals surface area contributed by atoms with Crippen molar-refractivity contribution in [3.05, 3.63) is 35.7 Å². The first-order valence-corrected chi connectivity index (χ1v) is 6.37. The van der Waals surface area contributed by atoms with E-state index in [2.05, 4.69) is 20.9 Å². The SMILES string of the molecule is Cc1cc(NC(=O)c2cn(C3CNC3)nn2)ccc1O. The van der Waals surface area contributed by atoms with Gasteiger partial charge in [-0.1, -0.05) is 5.21 Å². The number of aromatic hydroxyl groups is 1. The molecule has 0 bridgehead atoms. The maximum atomic E-state index is 12.0. The second-order valence-electron chi connectivity index (χ2n) is 4.85. The molecule has 0 saturated carbocycles. The van der Waals surface area contributed by atoms with E-state index in [0.29, 0.717) is 11.3 Å². The molecule has 3 rings (SSSR count). The minimum atomic E-state index is -0.311. The largest absolute Gasteiger partial charge is 0.508 e. The Morgan fingerprint density at radius 3 is 2.95 bits per heavy atom. The minimum absolute atomic E-state index is 0.200. The molecule has 104 valence electrons. The molecule has 2 heterocycles. The van der Waals surface area contributed by atoms with Crippen molar-refractivity contribution in [1.29, 1.82) is 0 Å². The summed E-state index contributed by atoms with van der Waals surface area (Å²) < 4.78 is 1.70. The number of anilines is 1. The van der Waals surface area contributed by atoms with Crippen molar-refractivity contribution in [2.75, 3.05) is 18.4 Å². The Morgan fingerprint density at radius 1 is 1.50 bits per heavy atom. The summed E-state index contributed by atoms with van der Waals surface area (Å²) >= 11 is 0. The van der Waals surface area contributed by atoms with Gasteiger partial charge < -0.3 is 15.7 Å². The smallest absolute Gasteiger partial charge is 0.277 e. The van der Waals surface area contributed by atoms with Crippen LogP contribution in [0.1, 0.15) is 22.1 Å². The van der Waals surface area contributed by atoms with Crippen LogP contribution in [-0.4, -0.2) is 39.1 Å². The van der Waals surface area contributed by atoms with Gasteiger partial charge >= 0.3 is 0 Å². The van der Waals surface area contributed by atoms with Gasteiger partial charge in [-0.3, -0.25) is 4.79 Å². The monoisotopic (exact) mass is 273 g/mol. The van der Waals surface area contributed by atoms with Gasteiger partial charge in [0.25, 0.3) is 5.91 Å². The van der Waals surface area contributed by atoms with E-state index in [0.717, 1.165) is 13.1 Å². The van der Waals surface area contributed by atoms with Crippen molar-refractivity contribution in [2.45, 2.75) is 13.0 Å². The Hall–Kier alpha value is -2.41. The van der Waals surface area contributed by atoms with Crippen molar-refractivity contribution >= 4 is 11.6 Å². The number of hydrogen-bond donors (Lipinski definition) is 3. The highest BCUT2D eigenvalue weighted by atomic mass is 16.3. The second-order valence-corrected chi connectivity index (χ2v) is 4.85. The van der Waals surface area contributed by atoms with Crippen LogP contribution in [0.3, 0.4) is 0 Å². The molecule has 0 aliphatic carbocycles. The molecule has 1 aromatic carbocycles. The summed E-state index contributed by atoms with van der Waals surface area (Å²) in [6.07, 6.45) is 1.65. The molecule has 2 aromatic rings. The van der Waals surface area contributed by atoms with Gasteiger partial charge in [0.1, 0.15) is 5.75 Å². The molecule has 1 fully saturated rings. The first kappa shape index (κ1) is 12.6. The first-order chi connectivity index (χ1) is 9.63. The molecule has 7 heteroatoms. The Bertz CT molecular complexity index is 648. The zero-order valence-electron chi connectivity index (χ0n) is 11.0. The quantitative estimate of drug-likeness (QED) is 0.716. The van der Waals surface area contributed by atoms with Crippen molar-refractivity contribution in [2.24, 2.45) is 0 Å². The third-order valence-electron chi connectivity index (χ3n) is 3.33. The summed E-state index contributed by atoms with van der Waals surface area (Å²) in [7, 11) is 0. The summed E-state index contributed by atoms with van der Waals surface area (Å²) in [5.41, 5.74) is 1.60.